The van der Waals surface area contributed by atoms with Crippen molar-refractivity contribution in [3.8, 4) is 0 Å². The lowest BCUT2D eigenvalue weighted by atomic mass is 10.0. The minimum Gasteiger partial charge on any atom is -0.480 e. The van der Waals surface area contributed by atoms with Gasteiger partial charge in [0.05, 0.1) is 16.5 Å². The van der Waals surface area contributed by atoms with Gasteiger partial charge in [-0.1, -0.05) is 29.3 Å². The Kier molecular flexibility index (Phi) is 4.89. The zero-order chi connectivity index (χ0) is 14.7. The van der Waals surface area contributed by atoms with E-state index in [9.17, 15) is 14.7 Å². The van der Waals surface area contributed by atoms with Crippen molar-refractivity contribution >= 4 is 35.1 Å². The Morgan fingerprint density at radius 1 is 1.25 bits per heavy atom. The Balaban J connectivity index is 2.09. The van der Waals surface area contributed by atoms with Gasteiger partial charge in [-0.3, -0.25) is 4.79 Å². The van der Waals surface area contributed by atoms with Crippen LogP contribution in [0.25, 0.3) is 0 Å². The van der Waals surface area contributed by atoms with Gasteiger partial charge < -0.3 is 10.0 Å². The molecule has 0 bridgehead atoms. The SMILES string of the molecule is O=C(O)[C@H]1CCCCN1C(=O)Cc1ccc(Cl)c(Cl)c1. The molecule has 0 radical (unpaired) electrons. The molecule has 0 aliphatic carbocycles. The summed E-state index contributed by atoms with van der Waals surface area (Å²) in [5, 5.41) is 10.0. The molecule has 1 aromatic rings. The van der Waals surface area contributed by atoms with Crippen LogP contribution in [-0.2, 0) is 16.0 Å². The molecule has 1 amide bonds. The smallest absolute Gasteiger partial charge is 0.326 e. The maximum Gasteiger partial charge on any atom is 0.326 e. The molecule has 0 spiro atoms. The van der Waals surface area contributed by atoms with Crippen molar-refractivity contribution in [1.29, 1.82) is 0 Å². The lowest BCUT2D eigenvalue weighted by Gasteiger charge is -2.33. The molecule has 1 N–H and O–H groups in total. The van der Waals surface area contributed by atoms with Gasteiger partial charge in [-0.05, 0) is 37.0 Å². The number of carboxylic acid groups (broad SMARTS) is 1. The molecule has 0 aromatic heterocycles. The van der Waals surface area contributed by atoms with E-state index in [4.69, 9.17) is 23.2 Å². The summed E-state index contributed by atoms with van der Waals surface area (Å²) in [6.07, 6.45) is 2.34. The molecule has 1 saturated heterocycles. The molecule has 0 unspecified atom stereocenters. The standard InChI is InChI=1S/C14H15Cl2NO3/c15-10-5-4-9(7-11(10)16)8-13(18)17-6-2-1-3-12(17)14(19)20/h4-5,7,12H,1-3,6,8H2,(H,19,20)/t12-/m1/s1. The topological polar surface area (TPSA) is 57.6 Å². The lowest BCUT2D eigenvalue weighted by Crippen LogP contribution is -2.48. The Morgan fingerprint density at radius 2 is 2.00 bits per heavy atom. The second-order valence-corrected chi connectivity index (χ2v) is 5.68. The van der Waals surface area contributed by atoms with Crippen LogP contribution >= 0.6 is 23.2 Å². The average Bonchev–Trinajstić information content (AvgIpc) is 2.43. The van der Waals surface area contributed by atoms with E-state index < -0.39 is 12.0 Å². The monoisotopic (exact) mass is 315 g/mol. The van der Waals surface area contributed by atoms with E-state index in [0.29, 0.717) is 23.0 Å². The highest BCUT2D eigenvalue weighted by atomic mass is 35.5. The number of aliphatic carboxylic acids is 1. The quantitative estimate of drug-likeness (QED) is 0.932. The Labute approximate surface area is 127 Å². The van der Waals surface area contributed by atoms with Gasteiger partial charge in [-0.15, -0.1) is 0 Å². The normalized spacial score (nSPS) is 18.9. The molecule has 1 aliphatic rings. The summed E-state index contributed by atoms with van der Waals surface area (Å²) >= 11 is 11.7. The van der Waals surface area contributed by atoms with Gasteiger partial charge in [0.2, 0.25) is 5.91 Å². The first kappa shape index (κ1) is 15.1. The molecule has 1 aliphatic heterocycles. The van der Waals surface area contributed by atoms with Crippen LogP contribution in [-0.4, -0.2) is 34.5 Å². The zero-order valence-corrected chi connectivity index (χ0v) is 12.3. The van der Waals surface area contributed by atoms with Gasteiger partial charge >= 0.3 is 5.97 Å². The van der Waals surface area contributed by atoms with Crippen LogP contribution in [0.4, 0.5) is 0 Å². The van der Waals surface area contributed by atoms with Crippen LogP contribution in [0, 0.1) is 0 Å². The number of halogens is 2. The van der Waals surface area contributed by atoms with Crippen molar-refractivity contribution < 1.29 is 14.7 Å². The molecular formula is C14H15Cl2NO3. The van der Waals surface area contributed by atoms with Crippen LogP contribution in [0.2, 0.25) is 10.0 Å². The number of piperidine rings is 1. The molecule has 1 fully saturated rings. The fraction of sp³-hybridized carbons (Fsp3) is 0.429. The van der Waals surface area contributed by atoms with Crippen LogP contribution in [0.15, 0.2) is 18.2 Å². The summed E-state index contributed by atoms with van der Waals surface area (Å²) in [6, 6.07) is 4.30. The number of carbonyl (C=O) groups excluding carboxylic acids is 1. The average molecular weight is 316 g/mol. The minimum absolute atomic E-state index is 0.140. The van der Waals surface area contributed by atoms with E-state index in [-0.39, 0.29) is 12.3 Å². The second kappa shape index (κ2) is 6.46. The van der Waals surface area contributed by atoms with Gasteiger partial charge in [-0.25, -0.2) is 4.79 Å². The van der Waals surface area contributed by atoms with Crippen molar-refractivity contribution in [1.82, 2.24) is 4.90 Å². The third kappa shape index (κ3) is 3.44. The second-order valence-electron chi connectivity index (χ2n) is 4.86. The summed E-state index contributed by atoms with van der Waals surface area (Å²) in [6.45, 7) is 0.497. The first-order valence-corrected chi connectivity index (χ1v) is 7.21. The van der Waals surface area contributed by atoms with Crippen LogP contribution in [0.5, 0.6) is 0 Å². The molecule has 2 rings (SSSR count). The molecule has 1 heterocycles. The van der Waals surface area contributed by atoms with Crippen molar-refractivity contribution in [3.05, 3.63) is 33.8 Å². The Hall–Kier alpha value is -1.26. The van der Waals surface area contributed by atoms with Crippen LogP contribution < -0.4 is 0 Å². The van der Waals surface area contributed by atoms with Crippen molar-refractivity contribution in [2.24, 2.45) is 0 Å². The molecule has 1 aromatic carbocycles. The summed E-state index contributed by atoms with van der Waals surface area (Å²) in [5.41, 5.74) is 0.735. The van der Waals surface area contributed by atoms with Gasteiger partial charge in [0.25, 0.3) is 0 Å². The highest BCUT2D eigenvalue weighted by Crippen LogP contribution is 2.24. The molecule has 6 heteroatoms. The summed E-state index contributed by atoms with van der Waals surface area (Å²) < 4.78 is 0. The minimum atomic E-state index is -0.938. The molecule has 1 atom stereocenters. The number of amides is 1. The van der Waals surface area contributed by atoms with Gasteiger partial charge in [0, 0.05) is 6.54 Å². The first-order valence-electron chi connectivity index (χ1n) is 6.45. The van der Waals surface area contributed by atoms with E-state index in [2.05, 4.69) is 0 Å². The largest absolute Gasteiger partial charge is 0.480 e. The number of benzene rings is 1. The Morgan fingerprint density at radius 3 is 2.65 bits per heavy atom. The molecule has 20 heavy (non-hydrogen) atoms. The van der Waals surface area contributed by atoms with E-state index >= 15 is 0 Å². The van der Waals surface area contributed by atoms with E-state index in [1.165, 1.54) is 4.90 Å². The number of rotatable bonds is 3. The number of nitrogens with zero attached hydrogens (tertiary/aromatic N) is 1. The highest BCUT2D eigenvalue weighted by molar-refractivity contribution is 6.42. The van der Waals surface area contributed by atoms with E-state index in [1.54, 1.807) is 18.2 Å². The zero-order valence-electron chi connectivity index (χ0n) is 10.8. The van der Waals surface area contributed by atoms with E-state index in [1.807, 2.05) is 0 Å². The highest BCUT2D eigenvalue weighted by Gasteiger charge is 2.31. The van der Waals surface area contributed by atoms with Gasteiger partial charge in [0.15, 0.2) is 0 Å². The third-order valence-electron chi connectivity index (χ3n) is 3.45. The van der Waals surface area contributed by atoms with Crippen molar-refractivity contribution in [3.63, 3.8) is 0 Å². The number of likely N-dealkylation sites (tertiary alicyclic amines) is 1. The van der Waals surface area contributed by atoms with E-state index in [0.717, 1.165) is 18.4 Å². The maximum atomic E-state index is 12.3. The van der Waals surface area contributed by atoms with Crippen LogP contribution in [0.3, 0.4) is 0 Å². The first-order chi connectivity index (χ1) is 9.49. The predicted octanol–water partition coefficient (Wildman–Crippen LogP) is 3.00. The molecule has 0 saturated carbocycles. The Bertz CT molecular complexity index is 533. The third-order valence-corrected chi connectivity index (χ3v) is 4.19. The van der Waals surface area contributed by atoms with Gasteiger partial charge in [0.1, 0.15) is 6.04 Å². The number of carboxylic acids is 1. The summed E-state index contributed by atoms with van der Waals surface area (Å²) in [5.74, 6) is -1.12. The fourth-order valence-corrected chi connectivity index (χ4v) is 2.73. The molecular weight excluding hydrogens is 301 g/mol. The summed E-state index contributed by atoms with van der Waals surface area (Å²) in [4.78, 5) is 24.9. The number of hydrogen-bond donors (Lipinski definition) is 1. The maximum absolute atomic E-state index is 12.3. The van der Waals surface area contributed by atoms with Crippen molar-refractivity contribution in [2.75, 3.05) is 6.54 Å². The van der Waals surface area contributed by atoms with Gasteiger partial charge in [-0.2, -0.15) is 0 Å². The fourth-order valence-electron chi connectivity index (χ4n) is 2.41. The summed E-state index contributed by atoms with van der Waals surface area (Å²) in [7, 11) is 0. The number of hydrogen-bond acceptors (Lipinski definition) is 2. The van der Waals surface area contributed by atoms with Crippen LogP contribution in [0.1, 0.15) is 24.8 Å². The number of carbonyl (C=O) groups is 2. The molecule has 4 nitrogen and oxygen atoms in total. The molecule has 108 valence electrons. The predicted molar refractivity (Wildman–Crippen MR) is 77.2 cm³/mol. The van der Waals surface area contributed by atoms with Crippen molar-refractivity contribution in [2.45, 2.75) is 31.7 Å². The lowest BCUT2D eigenvalue weighted by molar-refractivity contribution is -0.151.